The molecule has 192 valence electrons. The first kappa shape index (κ1) is 26.7. The predicted octanol–water partition coefficient (Wildman–Crippen LogP) is 4.82. The number of alkyl carbamates (subject to hydrolysis) is 1. The van der Waals surface area contributed by atoms with Gasteiger partial charge in [-0.1, -0.05) is 12.8 Å². The van der Waals surface area contributed by atoms with Crippen molar-refractivity contribution in [2.24, 2.45) is 0 Å². The summed E-state index contributed by atoms with van der Waals surface area (Å²) < 4.78 is 10.5. The smallest absolute Gasteiger partial charge is 0.407 e. The van der Waals surface area contributed by atoms with Crippen LogP contribution in [0.2, 0.25) is 0 Å². The number of carbonyl (C=O) groups is 2. The Morgan fingerprint density at radius 3 is 2.56 bits per heavy atom. The quantitative estimate of drug-likeness (QED) is 0.462. The number of aromatic nitrogens is 2. The molecule has 36 heavy (non-hydrogen) atoms. The Morgan fingerprint density at radius 2 is 1.92 bits per heavy atom. The second-order valence-corrected chi connectivity index (χ2v) is 9.69. The first-order valence-corrected chi connectivity index (χ1v) is 12.2. The Hall–Kier alpha value is -3.87. The topological polar surface area (TPSA) is 138 Å². The molecule has 2 aromatic heterocycles. The summed E-state index contributed by atoms with van der Waals surface area (Å²) >= 11 is 0. The lowest BCUT2D eigenvalue weighted by atomic mass is 9.90. The molecule has 1 aliphatic carbocycles. The molecule has 0 unspecified atom stereocenters. The fraction of sp³-hybridized carbons (Fsp3) is 0.500. The zero-order chi connectivity index (χ0) is 26.3. The number of nitrogens with zero attached hydrogens (tertiary/aromatic N) is 3. The lowest BCUT2D eigenvalue weighted by Gasteiger charge is -2.34. The van der Waals surface area contributed by atoms with E-state index in [-0.39, 0.29) is 24.4 Å². The van der Waals surface area contributed by atoms with Crippen molar-refractivity contribution in [3.05, 3.63) is 41.3 Å². The maximum atomic E-state index is 12.3. The standard InChI is InChI=1S/C26H34N6O4/c1-6-35-24(33)18-11-12-23(29-16(18)2)31-21-13-17(15-28-22(21)14-27)30-19-9-7-8-10-20(19)32-25(34)36-26(3,4)5/h11-13,15,19-20,30H,6-10H2,1-5H3,(H,29,31)(H,32,34)/t19-,20+/m1/s1. The van der Waals surface area contributed by atoms with E-state index in [4.69, 9.17) is 9.47 Å². The summed E-state index contributed by atoms with van der Waals surface area (Å²) in [5.41, 5.74) is 1.72. The van der Waals surface area contributed by atoms with Crippen LogP contribution in [0.25, 0.3) is 0 Å². The molecule has 1 aliphatic rings. The van der Waals surface area contributed by atoms with Gasteiger partial charge in [-0.15, -0.1) is 0 Å². The highest BCUT2D eigenvalue weighted by Crippen LogP contribution is 2.27. The lowest BCUT2D eigenvalue weighted by Crippen LogP contribution is -2.49. The Labute approximate surface area is 211 Å². The number of esters is 1. The van der Waals surface area contributed by atoms with E-state index in [0.717, 1.165) is 25.7 Å². The monoisotopic (exact) mass is 494 g/mol. The fourth-order valence-electron chi connectivity index (χ4n) is 4.07. The minimum absolute atomic E-state index is 0.0157. The van der Waals surface area contributed by atoms with Gasteiger partial charge in [0.2, 0.25) is 0 Å². The van der Waals surface area contributed by atoms with Crippen molar-refractivity contribution in [1.82, 2.24) is 15.3 Å². The number of hydrogen-bond donors (Lipinski definition) is 3. The van der Waals surface area contributed by atoms with Crippen LogP contribution in [0.3, 0.4) is 0 Å². The summed E-state index contributed by atoms with van der Waals surface area (Å²) in [7, 11) is 0. The second kappa shape index (κ2) is 11.7. The van der Waals surface area contributed by atoms with Gasteiger partial charge in [-0.2, -0.15) is 5.26 Å². The molecule has 0 aliphatic heterocycles. The van der Waals surface area contributed by atoms with E-state index in [1.807, 2.05) is 20.8 Å². The Bertz CT molecular complexity index is 1140. The van der Waals surface area contributed by atoms with E-state index in [9.17, 15) is 14.9 Å². The van der Waals surface area contributed by atoms with Crippen LogP contribution in [0.1, 0.15) is 75.1 Å². The number of pyridine rings is 2. The highest BCUT2D eigenvalue weighted by molar-refractivity contribution is 5.90. The molecule has 0 aromatic carbocycles. The van der Waals surface area contributed by atoms with Crippen LogP contribution in [-0.2, 0) is 9.47 Å². The summed E-state index contributed by atoms with van der Waals surface area (Å²) in [4.78, 5) is 33.1. The number of aryl methyl sites for hydroxylation is 1. The van der Waals surface area contributed by atoms with Gasteiger partial charge in [-0.3, -0.25) is 0 Å². The lowest BCUT2D eigenvalue weighted by molar-refractivity contribution is 0.0486. The zero-order valence-electron chi connectivity index (χ0n) is 21.5. The Kier molecular flexibility index (Phi) is 8.69. The fourth-order valence-corrected chi connectivity index (χ4v) is 4.07. The molecule has 2 atom stereocenters. The summed E-state index contributed by atoms with van der Waals surface area (Å²) in [6.07, 6.45) is 4.93. The van der Waals surface area contributed by atoms with E-state index in [0.29, 0.717) is 28.5 Å². The van der Waals surface area contributed by atoms with E-state index < -0.39 is 17.7 Å². The third-order valence-electron chi connectivity index (χ3n) is 5.66. The summed E-state index contributed by atoms with van der Waals surface area (Å²) in [5, 5.41) is 19.1. The van der Waals surface area contributed by atoms with E-state index >= 15 is 0 Å². The maximum Gasteiger partial charge on any atom is 0.407 e. The van der Waals surface area contributed by atoms with Gasteiger partial charge in [0.15, 0.2) is 5.69 Å². The molecule has 0 spiro atoms. The molecule has 0 radical (unpaired) electrons. The average molecular weight is 495 g/mol. The van der Waals surface area contributed by atoms with E-state index in [1.54, 1.807) is 38.2 Å². The molecular formula is C26H34N6O4. The molecule has 10 nitrogen and oxygen atoms in total. The summed E-state index contributed by atoms with van der Waals surface area (Å²) in [6, 6.07) is 7.06. The van der Waals surface area contributed by atoms with Gasteiger partial charge in [-0.05, 0) is 65.7 Å². The van der Waals surface area contributed by atoms with Crippen molar-refractivity contribution >= 4 is 29.3 Å². The third kappa shape index (κ3) is 7.31. The number of anilines is 3. The van der Waals surface area contributed by atoms with Crippen molar-refractivity contribution in [1.29, 1.82) is 5.26 Å². The molecule has 3 N–H and O–H groups in total. The van der Waals surface area contributed by atoms with Crippen molar-refractivity contribution in [3.8, 4) is 6.07 Å². The molecule has 0 bridgehead atoms. The largest absolute Gasteiger partial charge is 0.462 e. The van der Waals surface area contributed by atoms with Gasteiger partial charge in [-0.25, -0.2) is 19.6 Å². The molecule has 1 amide bonds. The number of rotatable bonds is 7. The van der Waals surface area contributed by atoms with Crippen LogP contribution in [0.5, 0.6) is 0 Å². The number of amides is 1. The number of carbonyl (C=O) groups excluding carboxylic acids is 2. The highest BCUT2D eigenvalue weighted by atomic mass is 16.6. The summed E-state index contributed by atoms with van der Waals surface area (Å²) in [5.74, 6) is 0.0415. The van der Waals surface area contributed by atoms with Gasteiger partial charge in [0, 0.05) is 6.04 Å². The molecule has 1 saturated carbocycles. The molecule has 2 aromatic rings. The van der Waals surface area contributed by atoms with Gasteiger partial charge in [0.25, 0.3) is 0 Å². The average Bonchev–Trinajstić information content (AvgIpc) is 2.79. The molecular weight excluding hydrogens is 460 g/mol. The minimum atomic E-state index is -0.569. The normalized spacial score (nSPS) is 17.4. The molecule has 2 heterocycles. The number of nitrogens with one attached hydrogen (secondary N) is 3. The van der Waals surface area contributed by atoms with Gasteiger partial charge < -0.3 is 25.4 Å². The number of nitriles is 1. The SMILES string of the molecule is CCOC(=O)c1ccc(Nc2cc(N[C@@H]3CCCC[C@@H]3NC(=O)OC(C)(C)C)cnc2C#N)nc1C. The highest BCUT2D eigenvalue weighted by Gasteiger charge is 2.28. The van der Waals surface area contributed by atoms with Crippen LogP contribution in [0.15, 0.2) is 24.4 Å². The van der Waals surface area contributed by atoms with Crippen molar-refractivity contribution in [2.45, 2.75) is 78.0 Å². The Morgan fingerprint density at radius 1 is 1.19 bits per heavy atom. The molecule has 1 fully saturated rings. The minimum Gasteiger partial charge on any atom is -0.462 e. The number of hydrogen-bond acceptors (Lipinski definition) is 9. The molecule has 3 rings (SSSR count). The van der Waals surface area contributed by atoms with Crippen LogP contribution >= 0.6 is 0 Å². The van der Waals surface area contributed by atoms with E-state index in [2.05, 4.69) is 32.0 Å². The van der Waals surface area contributed by atoms with E-state index in [1.165, 1.54) is 0 Å². The zero-order valence-corrected chi connectivity index (χ0v) is 21.5. The first-order chi connectivity index (χ1) is 17.1. The van der Waals surface area contributed by atoms with Crippen molar-refractivity contribution in [2.75, 3.05) is 17.2 Å². The Balaban J connectivity index is 1.75. The molecule has 10 heteroatoms. The maximum absolute atomic E-state index is 12.3. The van der Waals surface area contributed by atoms with Crippen molar-refractivity contribution in [3.63, 3.8) is 0 Å². The molecule has 0 saturated heterocycles. The van der Waals surface area contributed by atoms with Crippen LogP contribution in [0, 0.1) is 18.3 Å². The second-order valence-electron chi connectivity index (χ2n) is 9.69. The van der Waals surface area contributed by atoms with Crippen LogP contribution in [-0.4, -0.2) is 46.3 Å². The van der Waals surface area contributed by atoms with Crippen LogP contribution in [0.4, 0.5) is 22.0 Å². The third-order valence-corrected chi connectivity index (χ3v) is 5.66. The van der Waals surface area contributed by atoms with Crippen LogP contribution < -0.4 is 16.0 Å². The first-order valence-electron chi connectivity index (χ1n) is 12.2. The van der Waals surface area contributed by atoms with Gasteiger partial charge in [0.05, 0.1) is 41.5 Å². The van der Waals surface area contributed by atoms with Gasteiger partial charge >= 0.3 is 12.1 Å². The summed E-state index contributed by atoms with van der Waals surface area (Å²) in [6.45, 7) is 9.25. The van der Waals surface area contributed by atoms with Crippen molar-refractivity contribution < 1.29 is 19.1 Å². The van der Waals surface area contributed by atoms with Gasteiger partial charge in [0.1, 0.15) is 17.5 Å². The number of ether oxygens (including phenoxy) is 2. The predicted molar refractivity (Wildman–Crippen MR) is 136 cm³/mol.